The predicted octanol–water partition coefficient (Wildman–Crippen LogP) is 5.02. The minimum Gasteiger partial charge on any atom is -0.488 e. The van der Waals surface area contributed by atoms with E-state index in [4.69, 9.17) is 14.6 Å². The number of alkyl halides is 2. The van der Waals surface area contributed by atoms with E-state index in [9.17, 15) is 18.4 Å². The summed E-state index contributed by atoms with van der Waals surface area (Å²) in [7, 11) is 0. The number of benzene rings is 2. The molecule has 7 heteroatoms. The van der Waals surface area contributed by atoms with Crippen molar-refractivity contribution in [3.8, 4) is 5.75 Å². The van der Waals surface area contributed by atoms with Crippen LogP contribution in [0.1, 0.15) is 54.6 Å². The van der Waals surface area contributed by atoms with Crippen LogP contribution < -0.4 is 4.74 Å². The predicted molar refractivity (Wildman–Crippen MR) is 101 cm³/mol. The Labute approximate surface area is 167 Å². The summed E-state index contributed by atoms with van der Waals surface area (Å²) in [6.07, 6.45) is 1.83. The van der Waals surface area contributed by atoms with E-state index in [1.165, 1.54) is 36.4 Å². The number of hydrogen-bond donors (Lipinski definition) is 1. The summed E-state index contributed by atoms with van der Waals surface area (Å²) in [6, 6.07) is 13.1. The van der Waals surface area contributed by atoms with E-state index in [0.29, 0.717) is 5.75 Å². The van der Waals surface area contributed by atoms with E-state index in [0.717, 1.165) is 25.7 Å². The van der Waals surface area contributed by atoms with E-state index in [2.05, 4.69) is 0 Å². The number of carbonyl (C=O) groups is 2. The highest BCUT2D eigenvalue weighted by molar-refractivity contribution is 5.90. The van der Waals surface area contributed by atoms with Crippen molar-refractivity contribution in [2.24, 2.45) is 0 Å². The number of rotatable bonds is 7. The zero-order valence-electron chi connectivity index (χ0n) is 15.9. The van der Waals surface area contributed by atoms with Gasteiger partial charge in [-0.1, -0.05) is 30.3 Å². The maximum Gasteiger partial charge on any atom is 0.382 e. The Hall–Kier alpha value is -2.96. The average Bonchev–Trinajstić information content (AvgIpc) is 3.12. The van der Waals surface area contributed by atoms with Crippen LogP contribution in [-0.2, 0) is 9.53 Å². The Kier molecular flexibility index (Phi) is 5.86. The molecule has 1 atom stereocenters. The van der Waals surface area contributed by atoms with Gasteiger partial charge in [-0.3, -0.25) is 0 Å². The van der Waals surface area contributed by atoms with Gasteiger partial charge in [0.05, 0.1) is 5.56 Å². The Morgan fingerprint density at radius 2 is 1.62 bits per heavy atom. The second-order valence-electron chi connectivity index (χ2n) is 7.41. The maximum atomic E-state index is 14.2. The lowest BCUT2D eigenvalue weighted by Crippen LogP contribution is -2.38. The van der Waals surface area contributed by atoms with E-state index < -0.39 is 24.0 Å². The highest BCUT2D eigenvalue weighted by Crippen LogP contribution is 2.36. The highest BCUT2D eigenvalue weighted by Gasteiger charge is 2.51. The van der Waals surface area contributed by atoms with Gasteiger partial charge in [0.2, 0.25) is 6.10 Å². The van der Waals surface area contributed by atoms with Gasteiger partial charge in [0.15, 0.2) is 0 Å². The molecule has 1 unspecified atom stereocenters. The molecule has 1 fully saturated rings. The third-order valence-corrected chi connectivity index (χ3v) is 5.06. The van der Waals surface area contributed by atoms with Gasteiger partial charge in [0.25, 0.3) is 0 Å². The van der Waals surface area contributed by atoms with Crippen LogP contribution in [0.15, 0.2) is 54.6 Å². The van der Waals surface area contributed by atoms with E-state index >= 15 is 0 Å². The van der Waals surface area contributed by atoms with Crippen LogP contribution in [0.2, 0.25) is 0 Å². The number of ether oxygens (including phenoxy) is 2. The first-order valence-corrected chi connectivity index (χ1v) is 9.37. The maximum absolute atomic E-state index is 14.2. The second kappa shape index (κ2) is 8.19. The van der Waals surface area contributed by atoms with Gasteiger partial charge in [0.1, 0.15) is 11.4 Å². The molecular weight excluding hydrogens is 382 g/mol. The summed E-state index contributed by atoms with van der Waals surface area (Å²) in [5.41, 5.74) is -0.331. The molecule has 0 aromatic heterocycles. The average molecular weight is 404 g/mol. The standard InChI is InChI=1S/C22H22F2O5/c1-21(13-5-6-14-21)29-17-11-9-16(10-12-17)19(25)28-18(22(23,24)20(26)27)15-7-3-2-4-8-15/h2-4,7-12,18H,5-6,13-14H2,1H3,(H,26,27). The third-order valence-electron chi connectivity index (χ3n) is 5.06. The van der Waals surface area contributed by atoms with Gasteiger partial charge in [-0.2, -0.15) is 8.78 Å². The minimum absolute atomic E-state index is 0.0241. The first-order valence-electron chi connectivity index (χ1n) is 9.37. The van der Waals surface area contributed by atoms with Crippen LogP contribution in [-0.4, -0.2) is 28.6 Å². The first kappa shape index (κ1) is 20.8. The number of aliphatic carboxylic acids is 1. The fourth-order valence-corrected chi connectivity index (χ4v) is 3.43. The van der Waals surface area contributed by atoms with Crippen LogP contribution in [0.5, 0.6) is 5.75 Å². The summed E-state index contributed by atoms with van der Waals surface area (Å²) >= 11 is 0. The van der Waals surface area contributed by atoms with Crippen LogP contribution in [0.3, 0.4) is 0 Å². The molecule has 2 aromatic rings. The number of esters is 1. The van der Waals surface area contributed by atoms with Gasteiger partial charge < -0.3 is 14.6 Å². The lowest BCUT2D eigenvalue weighted by Gasteiger charge is -2.26. The molecule has 154 valence electrons. The summed E-state index contributed by atoms with van der Waals surface area (Å²) in [5, 5.41) is 8.89. The molecule has 5 nitrogen and oxygen atoms in total. The zero-order valence-corrected chi connectivity index (χ0v) is 15.9. The van der Waals surface area contributed by atoms with Gasteiger partial charge in [-0.25, -0.2) is 9.59 Å². The molecular formula is C22H22F2O5. The van der Waals surface area contributed by atoms with Crippen molar-refractivity contribution in [2.75, 3.05) is 0 Å². The van der Waals surface area contributed by atoms with Crippen LogP contribution >= 0.6 is 0 Å². The number of carboxylic acids is 1. The molecule has 1 aliphatic rings. The topological polar surface area (TPSA) is 72.8 Å². The SMILES string of the molecule is CC1(Oc2ccc(C(=O)OC(c3ccccc3)C(F)(F)C(=O)O)cc2)CCCC1. The second-order valence-corrected chi connectivity index (χ2v) is 7.41. The molecule has 0 radical (unpaired) electrons. The molecule has 0 spiro atoms. The van der Waals surface area contributed by atoms with E-state index in [-0.39, 0.29) is 16.7 Å². The molecule has 1 N–H and O–H groups in total. The zero-order chi connectivity index (χ0) is 21.1. The first-order chi connectivity index (χ1) is 13.7. The fourth-order valence-electron chi connectivity index (χ4n) is 3.43. The molecule has 1 aliphatic carbocycles. The van der Waals surface area contributed by atoms with Crippen molar-refractivity contribution < 1.29 is 33.0 Å². The van der Waals surface area contributed by atoms with Crippen molar-refractivity contribution >= 4 is 11.9 Å². The van der Waals surface area contributed by atoms with Gasteiger partial charge in [-0.05, 0) is 62.4 Å². The van der Waals surface area contributed by atoms with E-state index in [1.807, 2.05) is 6.92 Å². The lowest BCUT2D eigenvalue weighted by molar-refractivity contribution is -0.183. The summed E-state index contributed by atoms with van der Waals surface area (Å²) < 4.78 is 39.3. The van der Waals surface area contributed by atoms with Crippen molar-refractivity contribution in [3.05, 3.63) is 65.7 Å². The summed E-state index contributed by atoms with van der Waals surface area (Å²) in [6.45, 7) is 2.03. The molecule has 0 saturated heterocycles. The van der Waals surface area contributed by atoms with Gasteiger partial charge in [-0.15, -0.1) is 0 Å². The molecule has 0 bridgehead atoms. The number of carbonyl (C=O) groups excluding carboxylic acids is 1. The van der Waals surface area contributed by atoms with Crippen molar-refractivity contribution in [1.82, 2.24) is 0 Å². The lowest BCUT2D eigenvalue weighted by atomic mass is 10.0. The molecule has 0 heterocycles. The monoisotopic (exact) mass is 404 g/mol. The van der Waals surface area contributed by atoms with Gasteiger partial charge in [0, 0.05) is 0 Å². The van der Waals surface area contributed by atoms with Crippen molar-refractivity contribution in [2.45, 2.75) is 50.2 Å². The van der Waals surface area contributed by atoms with Crippen molar-refractivity contribution in [1.29, 1.82) is 0 Å². The largest absolute Gasteiger partial charge is 0.488 e. The Morgan fingerprint density at radius 3 is 2.17 bits per heavy atom. The van der Waals surface area contributed by atoms with Gasteiger partial charge >= 0.3 is 17.9 Å². The summed E-state index contributed by atoms with van der Waals surface area (Å²) in [5.74, 6) is -7.12. The number of hydrogen-bond acceptors (Lipinski definition) is 4. The Bertz CT molecular complexity index is 859. The third kappa shape index (κ3) is 4.72. The van der Waals surface area contributed by atoms with Crippen LogP contribution in [0, 0.1) is 0 Å². The molecule has 0 amide bonds. The van der Waals surface area contributed by atoms with Crippen LogP contribution in [0.4, 0.5) is 8.78 Å². The number of halogens is 2. The molecule has 29 heavy (non-hydrogen) atoms. The molecule has 0 aliphatic heterocycles. The normalized spacial score (nSPS) is 16.8. The molecule has 3 rings (SSSR count). The summed E-state index contributed by atoms with van der Waals surface area (Å²) in [4.78, 5) is 23.5. The van der Waals surface area contributed by atoms with Crippen LogP contribution in [0.25, 0.3) is 0 Å². The molecule has 1 saturated carbocycles. The Balaban J connectivity index is 1.76. The number of carboxylic acid groups (broad SMARTS) is 1. The smallest absolute Gasteiger partial charge is 0.382 e. The Morgan fingerprint density at radius 1 is 1.03 bits per heavy atom. The van der Waals surface area contributed by atoms with E-state index in [1.54, 1.807) is 18.2 Å². The van der Waals surface area contributed by atoms with Crippen molar-refractivity contribution in [3.63, 3.8) is 0 Å². The minimum atomic E-state index is -4.28. The fraction of sp³-hybridized carbons (Fsp3) is 0.364. The molecule has 2 aromatic carbocycles. The highest BCUT2D eigenvalue weighted by atomic mass is 19.3. The quantitative estimate of drug-likeness (QED) is 0.657.